The van der Waals surface area contributed by atoms with Crippen LogP contribution in [0.4, 0.5) is 22.0 Å². The molecule has 1 unspecified atom stereocenters. The minimum atomic E-state index is -4.92. The van der Waals surface area contributed by atoms with Crippen molar-refractivity contribution in [2.75, 3.05) is 0 Å². The van der Waals surface area contributed by atoms with E-state index < -0.39 is 45.7 Å². The number of rotatable bonds is 3. The topological polar surface area (TPSA) is 48.0 Å². The Labute approximate surface area is 115 Å². The van der Waals surface area contributed by atoms with Crippen LogP contribution in [-0.4, -0.2) is 20.5 Å². The van der Waals surface area contributed by atoms with Crippen molar-refractivity contribution in [3.8, 4) is 0 Å². The summed E-state index contributed by atoms with van der Waals surface area (Å²) in [4.78, 5) is 3.11. The van der Waals surface area contributed by atoms with Crippen LogP contribution in [0, 0.1) is 11.6 Å². The minimum absolute atomic E-state index is 0.294. The molecule has 0 fully saturated rings. The molecule has 1 N–H and O–H groups in total. The second-order valence-corrected chi connectivity index (χ2v) is 6.99. The van der Waals surface area contributed by atoms with Gasteiger partial charge >= 0.3 is 6.18 Å². The molecule has 3 nitrogen and oxygen atoms in total. The molecule has 1 rings (SSSR count). The summed E-state index contributed by atoms with van der Waals surface area (Å²) in [5.41, 5.74) is -1.04. The van der Waals surface area contributed by atoms with Crippen molar-refractivity contribution in [1.29, 1.82) is 0 Å². The monoisotopic (exact) mass is 316 g/mol. The van der Waals surface area contributed by atoms with Crippen molar-refractivity contribution < 1.29 is 26.5 Å². The van der Waals surface area contributed by atoms with Crippen LogP contribution in [0.5, 0.6) is 0 Å². The number of aromatic nitrogens is 1. The van der Waals surface area contributed by atoms with Crippen LogP contribution in [0.15, 0.2) is 12.3 Å². The fourth-order valence-electron chi connectivity index (χ4n) is 1.20. The van der Waals surface area contributed by atoms with Gasteiger partial charge in [0.2, 0.25) is 0 Å². The number of alkyl halides is 3. The van der Waals surface area contributed by atoms with Gasteiger partial charge in [0.25, 0.3) is 0 Å². The molecule has 114 valence electrons. The summed E-state index contributed by atoms with van der Waals surface area (Å²) in [6.45, 7) is 4.37. The van der Waals surface area contributed by atoms with Crippen LogP contribution in [0.2, 0.25) is 0 Å². The first kappa shape index (κ1) is 17.1. The van der Waals surface area contributed by atoms with Gasteiger partial charge in [-0.3, -0.25) is 4.98 Å². The first-order valence-electron chi connectivity index (χ1n) is 5.48. The summed E-state index contributed by atoms with van der Waals surface area (Å²) in [5, 5.41) is 0. The Balaban J connectivity index is 3.14. The van der Waals surface area contributed by atoms with Crippen molar-refractivity contribution in [2.45, 2.75) is 37.7 Å². The van der Waals surface area contributed by atoms with E-state index in [0.717, 1.165) is 0 Å². The highest BCUT2D eigenvalue weighted by Crippen LogP contribution is 2.34. The van der Waals surface area contributed by atoms with Gasteiger partial charge in [-0.25, -0.2) is 8.78 Å². The SMILES string of the molecule is CC(C)(C)[S@+]([O-])NC(c1ncc(F)cc1F)C(F)(F)F. The number of nitrogens with zero attached hydrogens (tertiary/aromatic N) is 1. The molecule has 9 heteroatoms. The van der Waals surface area contributed by atoms with Crippen LogP contribution in [-0.2, 0) is 11.4 Å². The van der Waals surface area contributed by atoms with Gasteiger partial charge in [0.15, 0.2) is 6.04 Å². The molecule has 0 bridgehead atoms. The highest BCUT2D eigenvalue weighted by molar-refractivity contribution is 7.90. The van der Waals surface area contributed by atoms with E-state index >= 15 is 0 Å². The lowest BCUT2D eigenvalue weighted by Crippen LogP contribution is -2.46. The number of pyridine rings is 1. The Bertz CT molecular complexity index is 475. The molecule has 0 aliphatic rings. The predicted octanol–water partition coefficient (Wildman–Crippen LogP) is 3.02. The summed E-state index contributed by atoms with van der Waals surface area (Å²) in [6, 6.07) is -2.29. The van der Waals surface area contributed by atoms with E-state index in [1.165, 1.54) is 20.8 Å². The minimum Gasteiger partial charge on any atom is -0.598 e. The molecule has 0 saturated carbocycles. The van der Waals surface area contributed by atoms with Crippen LogP contribution >= 0.6 is 0 Å². The highest BCUT2D eigenvalue weighted by Gasteiger charge is 2.47. The number of hydrogen-bond acceptors (Lipinski definition) is 3. The smallest absolute Gasteiger partial charge is 0.413 e. The summed E-state index contributed by atoms with van der Waals surface area (Å²) < 4.78 is 77.5. The Morgan fingerprint density at radius 2 is 1.80 bits per heavy atom. The molecule has 1 aromatic heterocycles. The molecule has 0 saturated heterocycles. The molecular weight excluding hydrogens is 303 g/mol. The zero-order chi connectivity index (χ0) is 15.7. The zero-order valence-electron chi connectivity index (χ0n) is 10.9. The highest BCUT2D eigenvalue weighted by atomic mass is 32.2. The summed E-state index contributed by atoms with van der Waals surface area (Å²) in [6.07, 6.45) is -4.45. The van der Waals surface area contributed by atoms with Gasteiger partial charge in [-0.05, 0) is 20.8 Å². The maximum Gasteiger partial charge on any atom is 0.413 e. The molecule has 0 spiro atoms. The largest absolute Gasteiger partial charge is 0.598 e. The molecule has 0 amide bonds. The Hall–Kier alpha value is -0.930. The normalized spacial score (nSPS) is 16.1. The van der Waals surface area contributed by atoms with Gasteiger partial charge in [-0.15, -0.1) is 4.72 Å². The van der Waals surface area contributed by atoms with E-state index in [1.807, 2.05) is 0 Å². The zero-order valence-corrected chi connectivity index (χ0v) is 11.7. The van der Waals surface area contributed by atoms with Gasteiger partial charge in [0, 0.05) is 17.4 Å². The van der Waals surface area contributed by atoms with E-state index in [9.17, 15) is 26.5 Å². The molecule has 0 radical (unpaired) electrons. The quantitative estimate of drug-likeness (QED) is 0.689. The fraction of sp³-hybridized carbons (Fsp3) is 0.545. The van der Waals surface area contributed by atoms with E-state index in [-0.39, 0.29) is 0 Å². The molecule has 0 aliphatic heterocycles. The Morgan fingerprint density at radius 1 is 1.25 bits per heavy atom. The first-order valence-corrected chi connectivity index (χ1v) is 6.63. The first-order chi connectivity index (χ1) is 8.93. The average Bonchev–Trinajstić information content (AvgIpc) is 2.23. The van der Waals surface area contributed by atoms with Crippen molar-refractivity contribution in [3.05, 3.63) is 29.6 Å². The molecule has 20 heavy (non-hydrogen) atoms. The second-order valence-electron chi connectivity index (χ2n) is 4.99. The third-order valence-electron chi connectivity index (χ3n) is 2.22. The lowest BCUT2D eigenvalue weighted by atomic mass is 10.2. The standard InChI is InChI=1S/C11H13F5N2OS/c1-10(2,3)20(19)18-9(11(14,15)16)8-7(13)4-6(12)5-17-8/h4-5,9,18H,1-3H3/t9?,20-/m0/s1. The maximum atomic E-state index is 13.4. The average molecular weight is 316 g/mol. The fourth-order valence-corrected chi connectivity index (χ4v) is 2.01. The van der Waals surface area contributed by atoms with Crippen LogP contribution in [0.1, 0.15) is 32.5 Å². The van der Waals surface area contributed by atoms with Gasteiger partial charge in [0.1, 0.15) is 22.1 Å². The van der Waals surface area contributed by atoms with E-state index in [0.29, 0.717) is 12.3 Å². The lowest BCUT2D eigenvalue weighted by Gasteiger charge is -2.28. The lowest BCUT2D eigenvalue weighted by molar-refractivity contribution is -0.154. The van der Waals surface area contributed by atoms with Crippen LogP contribution in [0.25, 0.3) is 0 Å². The van der Waals surface area contributed by atoms with Crippen LogP contribution in [0.3, 0.4) is 0 Å². The van der Waals surface area contributed by atoms with Gasteiger partial charge < -0.3 is 4.55 Å². The number of halogens is 5. The van der Waals surface area contributed by atoms with Crippen LogP contribution < -0.4 is 4.72 Å². The van der Waals surface area contributed by atoms with Crippen molar-refractivity contribution in [3.63, 3.8) is 0 Å². The molecule has 2 atom stereocenters. The number of nitrogens with one attached hydrogen (secondary N) is 1. The Morgan fingerprint density at radius 3 is 2.20 bits per heavy atom. The summed E-state index contributed by atoms with van der Waals surface area (Å²) in [5.74, 6) is -2.55. The summed E-state index contributed by atoms with van der Waals surface area (Å²) >= 11 is -2.10. The van der Waals surface area contributed by atoms with E-state index in [2.05, 4.69) is 4.98 Å². The van der Waals surface area contributed by atoms with Gasteiger partial charge in [-0.2, -0.15) is 13.2 Å². The van der Waals surface area contributed by atoms with Crippen molar-refractivity contribution in [1.82, 2.24) is 9.71 Å². The third kappa shape index (κ3) is 4.29. The Kier molecular flexibility index (Phi) is 4.99. The van der Waals surface area contributed by atoms with Crippen molar-refractivity contribution in [2.24, 2.45) is 0 Å². The van der Waals surface area contributed by atoms with E-state index in [4.69, 9.17) is 0 Å². The molecule has 1 heterocycles. The van der Waals surface area contributed by atoms with E-state index in [1.54, 1.807) is 4.72 Å². The maximum absolute atomic E-state index is 13.4. The molecular formula is C11H13F5N2OS. The predicted molar refractivity (Wildman–Crippen MR) is 64.0 cm³/mol. The molecule has 0 aliphatic carbocycles. The van der Waals surface area contributed by atoms with Gasteiger partial charge in [0.05, 0.1) is 6.20 Å². The third-order valence-corrected chi connectivity index (χ3v) is 3.78. The molecule has 1 aromatic rings. The summed E-state index contributed by atoms with van der Waals surface area (Å²) in [7, 11) is 0. The second kappa shape index (κ2) is 5.82. The molecule has 0 aromatic carbocycles. The number of hydrogen-bond donors (Lipinski definition) is 1. The van der Waals surface area contributed by atoms with Crippen molar-refractivity contribution >= 4 is 11.4 Å². The van der Waals surface area contributed by atoms with Gasteiger partial charge in [-0.1, -0.05) is 0 Å².